The first-order valence-corrected chi connectivity index (χ1v) is 15.7. The van der Waals surface area contributed by atoms with Crippen molar-refractivity contribution in [2.24, 2.45) is 28.6 Å². The minimum Gasteiger partial charge on any atom is -0.472 e. The van der Waals surface area contributed by atoms with E-state index >= 15 is 0 Å². The summed E-state index contributed by atoms with van der Waals surface area (Å²) in [5, 5.41) is 12.8. The van der Waals surface area contributed by atoms with E-state index in [1.807, 2.05) is 13.8 Å². The first-order chi connectivity index (χ1) is 21.9. The van der Waals surface area contributed by atoms with E-state index in [0.717, 1.165) is 6.92 Å². The molecule has 47 heavy (non-hydrogen) atoms. The summed E-state index contributed by atoms with van der Waals surface area (Å²) in [4.78, 5) is 78.8. The van der Waals surface area contributed by atoms with Gasteiger partial charge in [0, 0.05) is 42.9 Å². The first kappa shape index (κ1) is 34.3. The fourth-order valence-corrected chi connectivity index (χ4v) is 8.99. The quantitative estimate of drug-likeness (QED) is 0.186. The van der Waals surface area contributed by atoms with Crippen molar-refractivity contribution in [1.82, 2.24) is 0 Å². The summed E-state index contributed by atoms with van der Waals surface area (Å²) in [7, 11) is 0. The van der Waals surface area contributed by atoms with Gasteiger partial charge >= 0.3 is 23.9 Å². The Morgan fingerprint density at radius 3 is 2.40 bits per heavy atom. The van der Waals surface area contributed by atoms with E-state index in [0.29, 0.717) is 5.56 Å². The zero-order valence-electron chi connectivity index (χ0n) is 27.4. The molecular formula is C34H42O13. The molecule has 10 atom stereocenters. The number of carbonyl (C=O) groups excluding carboxylic acids is 6. The monoisotopic (exact) mass is 658 g/mol. The van der Waals surface area contributed by atoms with Gasteiger partial charge in [-0.05, 0) is 30.0 Å². The molecule has 4 fully saturated rings. The third-order valence-electron chi connectivity index (χ3n) is 11.1. The van der Waals surface area contributed by atoms with Crippen molar-refractivity contribution in [2.75, 3.05) is 6.61 Å². The lowest BCUT2D eigenvalue weighted by molar-refractivity contribution is -0.240. The molecule has 0 bridgehead atoms. The lowest BCUT2D eigenvalue weighted by Crippen LogP contribution is -2.72. The zero-order chi connectivity index (χ0) is 34.7. The van der Waals surface area contributed by atoms with Crippen LogP contribution in [0.3, 0.4) is 0 Å². The fourth-order valence-electron chi connectivity index (χ4n) is 8.99. The van der Waals surface area contributed by atoms with Crippen LogP contribution in [0, 0.1) is 28.6 Å². The molecule has 2 saturated carbocycles. The Morgan fingerprint density at radius 2 is 1.81 bits per heavy atom. The van der Waals surface area contributed by atoms with Crippen LogP contribution in [-0.4, -0.2) is 77.4 Å². The van der Waals surface area contributed by atoms with Gasteiger partial charge in [-0.15, -0.1) is 0 Å². The molecule has 256 valence electrons. The Kier molecular flexibility index (Phi) is 8.70. The Morgan fingerprint density at radius 1 is 1.11 bits per heavy atom. The average molecular weight is 659 g/mol. The molecule has 5 rings (SSSR count). The van der Waals surface area contributed by atoms with Crippen LogP contribution in [0.2, 0.25) is 0 Å². The maximum absolute atomic E-state index is 14.2. The van der Waals surface area contributed by atoms with Gasteiger partial charge in [0.1, 0.15) is 30.5 Å². The summed E-state index contributed by atoms with van der Waals surface area (Å²) in [6.07, 6.45) is -2.44. The van der Waals surface area contributed by atoms with Crippen molar-refractivity contribution in [1.29, 1.82) is 0 Å². The number of hydrogen-bond acceptors (Lipinski definition) is 13. The van der Waals surface area contributed by atoms with Gasteiger partial charge < -0.3 is 33.2 Å². The Labute approximate surface area is 272 Å². The highest BCUT2D eigenvalue weighted by Gasteiger charge is 2.77. The van der Waals surface area contributed by atoms with E-state index in [2.05, 4.69) is 6.58 Å². The first-order valence-electron chi connectivity index (χ1n) is 15.7. The number of aliphatic hydroxyl groups is 1. The number of esters is 4. The van der Waals surface area contributed by atoms with E-state index in [1.54, 1.807) is 26.8 Å². The second-order valence-electron chi connectivity index (χ2n) is 14.3. The normalized spacial score (nSPS) is 40.0. The van der Waals surface area contributed by atoms with Gasteiger partial charge in [0.15, 0.2) is 11.4 Å². The molecular weight excluding hydrogens is 616 g/mol. The van der Waals surface area contributed by atoms with E-state index in [-0.39, 0.29) is 43.8 Å². The summed E-state index contributed by atoms with van der Waals surface area (Å²) < 4.78 is 34.3. The number of carbonyl (C=O) groups is 6. The molecule has 13 heteroatoms. The van der Waals surface area contributed by atoms with E-state index < -0.39 is 94.2 Å². The third-order valence-corrected chi connectivity index (χ3v) is 11.1. The van der Waals surface area contributed by atoms with Crippen LogP contribution < -0.4 is 0 Å². The number of cyclic esters (lactones) is 1. The molecule has 1 aromatic heterocycles. The van der Waals surface area contributed by atoms with Gasteiger partial charge in [0.05, 0.1) is 30.8 Å². The summed E-state index contributed by atoms with van der Waals surface area (Å²) >= 11 is 0. The van der Waals surface area contributed by atoms with Crippen LogP contribution in [-0.2, 0) is 52.5 Å². The van der Waals surface area contributed by atoms with Gasteiger partial charge in [-0.1, -0.05) is 34.3 Å². The van der Waals surface area contributed by atoms with Crippen LogP contribution in [0.5, 0.6) is 0 Å². The Bertz CT molecular complexity index is 1480. The molecule has 4 aliphatic rings. The van der Waals surface area contributed by atoms with Crippen LogP contribution in [0.25, 0.3) is 0 Å². The molecule has 2 aliphatic carbocycles. The minimum absolute atomic E-state index is 0.0308. The maximum atomic E-state index is 14.2. The Hall–Kier alpha value is -4.00. The highest BCUT2D eigenvalue weighted by Crippen LogP contribution is 2.68. The van der Waals surface area contributed by atoms with Crippen LogP contribution >= 0.6 is 0 Å². The molecule has 2 saturated heterocycles. The number of ketones is 1. The average Bonchev–Trinajstić information content (AvgIpc) is 3.56. The van der Waals surface area contributed by atoms with Crippen molar-refractivity contribution in [3.05, 3.63) is 36.3 Å². The van der Waals surface area contributed by atoms with E-state index in [1.165, 1.54) is 12.5 Å². The Balaban J connectivity index is 1.81. The molecule has 1 N–H and O–H groups in total. The van der Waals surface area contributed by atoms with Crippen molar-refractivity contribution in [3.8, 4) is 0 Å². The van der Waals surface area contributed by atoms with Gasteiger partial charge in [0.25, 0.3) is 6.47 Å². The summed E-state index contributed by atoms with van der Waals surface area (Å²) in [6, 6.07) is 1.64. The van der Waals surface area contributed by atoms with E-state index in [9.17, 15) is 33.9 Å². The zero-order valence-corrected chi connectivity index (χ0v) is 27.4. The summed E-state index contributed by atoms with van der Waals surface area (Å²) in [6.45, 7) is 13.7. The van der Waals surface area contributed by atoms with Crippen molar-refractivity contribution >= 4 is 36.1 Å². The predicted molar refractivity (Wildman–Crippen MR) is 159 cm³/mol. The molecule has 0 spiro atoms. The van der Waals surface area contributed by atoms with Crippen molar-refractivity contribution < 1.29 is 62.0 Å². The molecule has 0 amide bonds. The van der Waals surface area contributed by atoms with Crippen LogP contribution in [0.4, 0.5) is 0 Å². The van der Waals surface area contributed by atoms with E-state index in [4.69, 9.17) is 28.1 Å². The maximum Gasteiger partial charge on any atom is 0.310 e. The number of hydrogen-bond donors (Lipinski definition) is 1. The highest BCUT2D eigenvalue weighted by atomic mass is 16.6. The number of fused-ring (bicyclic) bond motifs is 2. The standard InChI is InChI=1S/C34H42O13/c1-17(2)10-26(39)46-30-29(44-16-35)28(18(3)34(41)23(37)11-21(33(30,34)7)20-8-9-42-14-20)32(6)22-12-25(38)43-15-31(22,5)47-27(40)13-24(32)45-19(4)36/h8-9,14,16-17,21-22,24,28-30,41H,3,10-13,15H2,1-2,4-7H3. The SMILES string of the molecule is C=C1C(C2(C)C(OC(C)=O)CC(=O)OC3(C)COC(=O)CC32)C(OC=O)C(OC(=O)CC(C)C)C2(C)C(c3ccoc3)CC(=O)C12O. The predicted octanol–water partition coefficient (Wildman–Crippen LogP) is 2.97. The van der Waals surface area contributed by atoms with Gasteiger partial charge in [-0.3, -0.25) is 28.8 Å². The molecule has 13 nitrogen and oxygen atoms in total. The largest absolute Gasteiger partial charge is 0.472 e. The molecule has 2 aliphatic heterocycles. The minimum atomic E-state index is -2.39. The fraction of sp³-hybridized carbons (Fsp3) is 0.647. The van der Waals surface area contributed by atoms with Gasteiger partial charge in [0.2, 0.25) is 0 Å². The second-order valence-corrected chi connectivity index (χ2v) is 14.3. The molecule has 0 aromatic carbocycles. The number of Topliss-reactive ketones (excluding diaryl/α,β-unsaturated/α-hetero) is 1. The molecule has 0 radical (unpaired) electrons. The summed E-state index contributed by atoms with van der Waals surface area (Å²) in [5.74, 6) is -6.66. The smallest absolute Gasteiger partial charge is 0.310 e. The van der Waals surface area contributed by atoms with Crippen molar-refractivity contribution in [3.63, 3.8) is 0 Å². The second kappa shape index (κ2) is 11.9. The lowest BCUT2D eigenvalue weighted by Gasteiger charge is -2.61. The lowest BCUT2D eigenvalue weighted by atomic mass is 9.46. The van der Waals surface area contributed by atoms with Crippen LogP contribution in [0.15, 0.2) is 35.2 Å². The van der Waals surface area contributed by atoms with Crippen molar-refractivity contribution in [2.45, 2.75) is 103 Å². The summed E-state index contributed by atoms with van der Waals surface area (Å²) in [5.41, 5.74) is -6.68. The third kappa shape index (κ3) is 5.17. The number of rotatable bonds is 8. The van der Waals surface area contributed by atoms with Gasteiger partial charge in [-0.2, -0.15) is 0 Å². The number of furan rings is 1. The molecule has 1 aromatic rings. The number of ether oxygens (including phenoxy) is 5. The highest BCUT2D eigenvalue weighted by molar-refractivity contribution is 5.96. The molecule has 10 unspecified atom stereocenters. The van der Waals surface area contributed by atoms with Crippen LogP contribution in [0.1, 0.15) is 78.7 Å². The molecule has 3 heterocycles. The topological polar surface area (TPSA) is 182 Å². The van der Waals surface area contributed by atoms with Gasteiger partial charge in [-0.25, -0.2) is 0 Å².